The molecule has 20 heavy (non-hydrogen) atoms. The van der Waals surface area contributed by atoms with Gasteiger partial charge in [0.15, 0.2) is 0 Å². The SMILES string of the molecule is O=C(c1cc(Cl)ccc1F)N1CCC[C@H]1c1cccs1. The van der Waals surface area contributed by atoms with Crippen molar-refractivity contribution in [3.63, 3.8) is 0 Å². The molecule has 1 saturated heterocycles. The molecular weight excluding hydrogens is 297 g/mol. The number of nitrogens with zero attached hydrogens (tertiary/aromatic N) is 1. The minimum absolute atomic E-state index is 0.0564. The number of carbonyl (C=O) groups excluding carboxylic acids is 1. The molecule has 1 aliphatic heterocycles. The van der Waals surface area contributed by atoms with Gasteiger partial charge in [-0.15, -0.1) is 11.3 Å². The molecule has 1 atom stereocenters. The second kappa shape index (κ2) is 5.54. The first kappa shape index (κ1) is 13.6. The van der Waals surface area contributed by atoms with E-state index in [1.807, 2.05) is 17.5 Å². The van der Waals surface area contributed by atoms with Crippen molar-refractivity contribution >= 4 is 28.8 Å². The molecule has 1 aliphatic rings. The Morgan fingerprint density at radius 1 is 1.40 bits per heavy atom. The van der Waals surface area contributed by atoms with Crippen molar-refractivity contribution in [2.75, 3.05) is 6.54 Å². The Kier molecular flexibility index (Phi) is 3.76. The predicted molar refractivity (Wildman–Crippen MR) is 78.7 cm³/mol. The number of likely N-dealkylation sites (tertiary alicyclic amines) is 1. The molecular formula is C15H13ClFNOS. The van der Waals surface area contributed by atoms with Crippen molar-refractivity contribution in [2.45, 2.75) is 18.9 Å². The fourth-order valence-corrected chi connectivity index (χ4v) is 3.65. The predicted octanol–water partition coefficient (Wildman–Crippen LogP) is 4.52. The molecule has 0 spiro atoms. The van der Waals surface area contributed by atoms with E-state index in [4.69, 9.17) is 11.6 Å². The third-order valence-electron chi connectivity index (χ3n) is 3.54. The van der Waals surface area contributed by atoms with Gasteiger partial charge in [0.05, 0.1) is 11.6 Å². The number of hydrogen-bond donors (Lipinski definition) is 0. The van der Waals surface area contributed by atoms with Crippen LogP contribution in [0.1, 0.15) is 34.1 Å². The molecule has 0 saturated carbocycles. The minimum atomic E-state index is -0.517. The van der Waals surface area contributed by atoms with Crippen molar-refractivity contribution in [3.8, 4) is 0 Å². The van der Waals surface area contributed by atoms with Gasteiger partial charge in [-0.3, -0.25) is 4.79 Å². The van der Waals surface area contributed by atoms with Gasteiger partial charge in [-0.2, -0.15) is 0 Å². The molecule has 1 amide bonds. The zero-order valence-electron chi connectivity index (χ0n) is 10.7. The Balaban J connectivity index is 1.91. The smallest absolute Gasteiger partial charge is 0.257 e. The monoisotopic (exact) mass is 309 g/mol. The lowest BCUT2D eigenvalue weighted by Crippen LogP contribution is -2.30. The van der Waals surface area contributed by atoms with E-state index in [2.05, 4.69) is 0 Å². The van der Waals surface area contributed by atoms with E-state index in [0.29, 0.717) is 11.6 Å². The highest BCUT2D eigenvalue weighted by molar-refractivity contribution is 7.10. The average Bonchev–Trinajstić information content (AvgIpc) is 3.10. The highest BCUT2D eigenvalue weighted by Gasteiger charge is 2.32. The Morgan fingerprint density at radius 3 is 3.00 bits per heavy atom. The lowest BCUT2D eigenvalue weighted by atomic mass is 10.1. The van der Waals surface area contributed by atoms with Crippen LogP contribution in [-0.4, -0.2) is 17.4 Å². The first-order valence-electron chi connectivity index (χ1n) is 6.46. The van der Waals surface area contributed by atoms with Crippen molar-refractivity contribution in [1.82, 2.24) is 4.90 Å². The van der Waals surface area contributed by atoms with Gasteiger partial charge in [-0.1, -0.05) is 17.7 Å². The molecule has 104 valence electrons. The molecule has 1 fully saturated rings. The maximum Gasteiger partial charge on any atom is 0.257 e. The summed E-state index contributed by atoms with van der Waals surface area (Å²) in [6, 6.07) is 8.15. The van der Waals surface area contributed by atoms with E-state index in [0.717, 1.165) is 17.7 Å². The maximum absolute atomic E-state index is 13.8. The van der Waals surface area contributed by atoms with Gasteiger partial charge in [-0.05, 0) is 42.5 Å². The summed E-state index contributed by atoms with van der Waals surface area (Å²) in [6.07, 6.45) is 1.87. The zero-order chi connectivity index (χ0) is 14.1. The Morgan fingerprint density at radius 2 is 2.25 bits per heavy atom. The third kappa shape index (κ3) is 2.45. The molecule has 1 aromatic heterocycles. The largest absolute Gasteiger partial charge is 0.331 e. The Bertz CT molecular complexity index is 629. The van der Waals surface area contributed by atoms with E-state index in [1.165, 1.54) is 18.2 Å². The summed E-state index contributed by atoms with van der Waals surface area (Å²) in [5, 5.41) is 2.37. The molecule has 0 bridgehead atoms. The van der Waals surface area contributed by atoms with Crippen LogP contribution in [0.4, 0.5) is 4.39 Å². The second-order valence-corrected chi connectivity index (χ2v) is 6.21. The van der Waals surface area contributed by atoms with Gasteiger partial charge >= 0.3 is 0 Å². The number of hydrogen-bond acceptors (Lipinski definition) is 2. The van der Waals surface area contributed by atoms with Crippen LogP contribution in [0.2, 0.25) is 5.02 Å². The van der Waals surface area contributed by atoms with Crippen LogP contribution in [-0.2, 0) is 0 Å². The van der Waals surface area contributed by atoms with Crippen molar-refractivity contribution in [1.29, 1.82) is 0 Å². The lowest BCUT2D eigenvalue weighted by molar-refractivity contribution is 0.0733. The Hall–Kier alpha value is -1.39. The van der Waals surface area contributed by atoms with Gasteiger partial charge in [-0.25, -0.2) is 4.39 Å². The summed E-state index contributed by atoms with van der Waals surface area (Å²) in [5.74, 6) is -0.794. The molecule has 0 unspecified atom stereocenters. The number of carbonyl (C=O) groups is 1. The van der Waals surface area contributed by atoms with Crippen LogP contribution >= 0.6 is 22.9 Å². The van der Waals surface area contributed by atoms with Crippen LogP contribution in [0.15, 0.2) is 35.7 Å². The zero-order valence-corrected chi connectivity index (χ0v) is 12.3. The summed E-state index contributed by atoms with van der Waals surface area (Å²) in [6.45, 7) is 0.660. The van der Waals surface area contributed by atoms with Gasteiger partial charge in [0.1, 0.15) is 5.82 Å². The molecule has 2 aromatic rings. The number of benzene rings is 1. The molecule has 0 N–H and O–H groups in total. The average molecular weight is 310 g/mol. The number of halogens is 2. The number of thiophene rings is 1. The van der Waals surface area contributed by atoms with E-state index in [1.54, 1.807) is 16.2 Å². The first-order chi connectivity index (χ1) is 9.66. The lowest BCUT2D eigenvalue weighted by Gasteiger charge is -2.24. The Labute approximate surface area is 125 Å². The number of amides is 1. The van der Waals surface area contributed by atoms with Crippen LogP contribution in [0, 0.1) is 5.82 Å². The molecule has 0 aliphatic carbocycles. The van der Waals surface area contributed by atoms with Crippen LogP contribution in [0.3, 0.4) is 0 Å². The molecule has 1 aromatic carbocycles. The van der Waals surface area contributed by atoms with E-state index in [9.17, 15) is 9.18 Å². The van der Waals surface area contributed by atoms with E-state index < -0.39 is 5.82 Å². The number of rotatable bonds is 2. The van der Waals surface area contributed by atoms with E-state index >= 15 is 0 Å². The normalized spacial score (nSPS) is 18.5. The third-order valence-corrected chi connectivity index (χ3v) is 4.75. The van der Waals surface area contributed by atoms with Crippen LogP contribution < -0.4 is 0 Å². The maximum atomic E-state index is 13.8. The molecule has 2 nitrogen and oxygen atoms in total. The summed E-state index contributed by atoms with van der Waals surface area (Å²) in [4.78, 5) is 15.5. The van der Waals surface area contributed by atoms with Crippen LogP contribution in [0.25, 0.3) is 0 Å². The molecule has 0 radical (unpaired) electrons. The van der Waals surface area contributed by atoms with E-state index in [-0.39, 0.29) is 17.5 Å². The van der Waals surface area contributed by atoms with Gasteiger partial charge in [0.2, 0.25) is 0 Å². The summed E-state index contributed by atoms with van der Waals surface area (Å²) >= 11 is 7.50. The second-order valence-electron chi connectivity index (χ2n) is 4.80. The van der Waals surface area contributed by atoms with Crippen molar-refractivity contribution in [2.24, 2.45) is 0 Å². The molecule has 2 heterocycles. The van der Waals surface area contributed by atoms with Crippen molar-refractivity contribution < 1.29 is 9.18 Å². The fraction of sp³-hybridized carbons (Fsp3) is 0.267. The molecule has 5 heteroatoms. The minimum Gasteiger partial charge on any atom is -0.331 e. The van der Waals surface area contributed by atoms with Gasteiger partial charge in [0, 0.05) is 16.4 Å². The van der Waals surface area contributed by atoms with Crippen LogP contribution in [0.5, 0.6) is 0 Å². The highest BCUT2D eigenvalue weighted by atomic mass is 35.5. The highest BCUT2D eigenvalue weighted by Crippen LogP contribution is 2.35. The standard InChI is InChI=1S/C15H13ClFNOS/c16-10-5-6-12(17)11(9-10)15(19)18-7-1-3-13(18)14-4-2-8-20-14/h2,4-6,8-9,13H,1,3,7H2/t13-/m0/s1. The summed E-state index contributed by atoms with van der Waals surface area (Å²) in [7, 11) is 0. The van der Waals surface area contributed by atoms with Gasteiger partial charge < -0.3 is 4.90 Å². The molecule has 3 rings (SSSR count). The quantitative estimate of drug-likeness (QED) is 0.799. The topological polar surface area (TPSA) is 20.3 Å². The first-order valence-corrected chi connectivity index (χ1v) is 7.72. The fourth-order valence-electron chi connectivity index (χ4n) is 2.60. The summed E-state index contributed by atoms with van der Waals surface area (Å²) in [5.41, 5.74) is 0.0564. The summed E-state index contributed by atoms with van der Waals surface area (Å²) < 4.78 is 13.8. The van der Waals surface area contributed by atoms with Crippen molar-refractivity contribution in [3.05, 3.63) is 57.0 Å². The van der Waals surface area contributed by atoms with Gasteiger partial charge in [0.25, 0.3) is 5.91 Å².